The lowest BCUT2D eigenvalue weighted by atomic mass is 10.2. The molecule has 0 unspecified atom stereocenters. The fourth-order valence-electron chi connectivity index (χ4n) is 1.45. The molecule has 0 radical (unpaired) electrons. The largest absolute Gasteiger partial charge is 0.292 e. The van der Waals surface area contributed by atoms with Crippen LogP contribution in [-0.4, -0.2) is 21.0 Å². The van der Waals surface area contributed by atoms with Gasteiger partial charge in [-0.05, 0) is 28.1 Å². The van der Waals surface area contributed by atoms with Crippen molar-refractivity contribution in [2.45, 2.75) is 13.0 Å². The molecule has 0 spiro atoms. The second kappa shape index (κ2) is 5.34. The van der Waals surface area contributed by atoms with E-state index in [1.54, 1.807) is 24.5 Å². The van der Waals surface area contributed by atoms with Gasteiger partial charge < -0.3 is 0 Å². The second-order valence-corrected chi connectivity index (χ2v) is 4.28. The predicted octanol–water partition coefficient (Wildman–Crippen LogP) is 2.33. The van der Waals surface area contributed by atoms with E-state index in [-0.39, 0.29) is 4.47 Å². The van der Waals surface area contributed by atoms with Crippen molar-refractivity contribution in [1.29, 1.82) is 0 Å². The zero-order chi connectivity index (χ0) is 13.1. The fraction of sp³-hybridized carbons (Fsp3) is 0.182. The van der Waals surface area contributed by atoms with Crippen LogP contribution in [0.3, 0.4) is 0 Å². The first-order valence-corrected chi connectivity index (χ1v) is 5.82. The molecule has 0 aliphatic heterocycles. The van der Waals surface area contributed by atoms with Gasteiger partial charge in [-0.3, -0.25) is 14.3 Å². The van der Waals surface area contributed by atoms with Crippen LogP contribution >= 0.6 is 15.9 Å². The molecular formula is C11H8BrF2N3O. The van der Waals surface area contributed by atoms with Gasteiger partial charge in [0.05, 0.1) is 18.6 Å². The average molecular weight is 316 g/mol. The van der Waals surface area contributed by atoms with E-state index in [0.717, 1.165) is 10.9 Å². The molecule has 0 aliphatic carbocycles. The Hall–Kier alpha value is -1.63. The number of hydrogen-bond donors (Lipinski definition) is 0. The van der Waals surface area contributed by atoms with Crippen molar-refractivity contribution in [3.63, 3.8) is 0 Å². The van der Waals surface area contributed by atoms with Crippen LogP contribution in [0.2, 0.25) is 0 Å². The summed E-state index contributed by atoms with van der Waals surface area (Å²) in [5, 5.41) is 0. The highest BCUT2D eigenvalue weighted by molar-refractivity contribution is 9.10. The predicted molar refractivity (Wildman–Crippen MR) is 65.4 cm³/mol. The summed E-state index contributed by atoms with van der Waals surface area (Å²) < 4.78 is 25.5. The Bertz CT molecular complexity index is 601. The molecule has 94 valence electrons. The summed E-state index contributed by atoms with van der Waals surface area (Å²) in [6.07, 6.45) is 1.65. The molecule has 0 atom stereocenters. The highest BCUT2D eigenvalue weighted by atomic mass is 79.9. The molecule has 0 saturated heterocycles. The van der Waals surface area contributed by atoms with E-state index >= 15 is 0 Å². The minimum absolute atomic E-state index is 0.164. The minimum Gasteiger partial charge on any atom is -0.292 e. The van der Waals surface area contributed by atoms with Crippen LogP contribution in [-0.2, 0) is 6.54 Å². The summed E-state index contributed by atoms with van der Waals surface area (Å²) in [5.74, 6) is 0. The fourth-order valence-corrected chi connectivity index (χ4v) is 2.01. The zero-order valence-electron chi connectivity index (χ0n) is 9.05. The van der Waals surface area contributed by atoms with Crippen LogP contribution < -0.4 is 5.56 Å². The number of hydrogen-bond acceptors (Lipinski definition) is 3. The van der Waals surface area contributed by atoms with E-state index in [1.165, 1.54) is 0 Å². The molecule has 0 fully saturated rings. The second-order valence-electron chi connectivity index (χ2n) is 3.49. The summed E-state index contributed by atoms with van der Waals surface area (Å²) in [6.45, 7) is -0.666. The van der Waals surface area contributed by atoms with E-state index < -0.39 is 18.5 Å². The van der Waals surface area contributed by atoms with Gasteiger partial charge in [-0.25, -0.2) is 13.8 Å². The number of halogens is 3. The van der Waals surface area contributed by atoms with Crippen LogP contribution in [0.4, 0.5) is 8.78 Å². The number of nitrogens with zero attached hydrogens (tertiary/aromatic N) is 3. The van der Waals surface area contributed by atoms with Gasteiger partial charge in [-0.15, -0.1) is 0 Å². The highest BCUT2D eigenvalue weighted by Crippen LogP contribution is 2.21. The third kappa shape index (κ3) is 2.61. The van der Waals surface area contributed by atoms with Gasteiger partial charge in [0.2, 0.25) is 0 Å². The maximum absolute atomic E-state index is 12.2. The molecule has 0 N–H and O–H groups in total. The first kappa shape index (κ1) is 12.8. The number of alkyl halides is 2. The Balaban J connectivity index is 2.48. The molecule has 7 heteroatoms. The van der Waals surface area contributed by atoms with E-state index in [2.05, 4.69) is 25.9 Å². The molecule has 2 aromatic rings. The van der Waals surface area contributed by atoms with Crippen molar-refractivity contribution in [3.8, 4) is 11.3 Å². The molecule has 4 nitrogen and oxygen atoms in total. The Kier molecular flexibility index (Phi) is 3.81. The van der Waals surface area contributed by atoms with Crippen molar-refractivity contribution in [3.05, 3.63) is 45.7 Å². The normalized spacial score (nSPS) is 10.9. The molecule has 0 aromatic carbocycles. The third-order valence-corrected chi connectivity index (χ3v) is 2.99. The minimum atomic E-state index is -2.59. The summed E-state index contributed by atoms with van der Waals surface area (Å²) >= 11 is 3.10. The molecule has 2 aromatic heterocycles. The molecule has 0 amide bonds. The number of rotatable bonds is 3. The summed E-state index contributed by atoms with van der Waals surface area (Å²) in [4.78, 5) is 19.7. The maximum atomic E-state index is 12.2. The Morgan fingerprint density at radius 2 is 2.00 bits per heavy atom. The molecule has 2 heterocycles. The molecule has 18 heavy (non-hydrogen) atoms. The third-order valence-electron chi connectivity index (χ3n) is 2.27. The Labute approximate surface area is 109 Å². The summed E-state index contributed by atoms with van der Waals surface area (Å²) in [7, 11) is 0. The molecule has 0 saturated carbocycles. The van der Waals surface area contributed by atoms with Crippen molar-refractivity contribution < 1.29 is 8.78 Å². The summed E-state index contributed by atoms with van der Waals surface area (Å²) in [6, 6.07) is 3.37. The molecular weight excluding hydrogens is 308 g/mol. The monoisotopic (exact) mass is 315 g/mol. The zero-order valence-corrected chi connectivity index (χ0v) is 10.6. The average Bonchev–Trinajstić information content (AvgIpc) is 2.36. The van der Waals surface area contributed by atoms with Crippen molar-refractivity contribution in [2.24, 2.45) is 0 Å². The molecule has 0 bridgehead atoms. The lowest BCUT2D eigenvalue weighted by Gasteiger charge is -2.08. The van der Waals surface area contributed by atoms with Gasteiger partial charge >= 0.3 is 0 Å². The standard InChI is InChI=1S/C11H8BrF2N3O/c12-9-10(7-1-3-15-4-2-7)16-6-17(11(9)18)5-8(13)14/h1-4,6,8H,5H2. The van der Waals surface area contributed by atoms with Crippen LogP contribution in [0.25, 0.3) is 11.3 Å². The highest BCUT2D eigenvalue weighted by Gasteiger charge is 2.13. The van der Waals surface area contributed by atoms with Crippen LogP contribution in [0.15, 0.2) is 40.1 Å². The van der Waals surface area contributed by atoms with Gasteiger partial charge in [0.25, 0.3) is 12.0 Å². The van der Waals surface area contributed by atoms with Crippen molar-refractivity contribution in [2.75, 3.05) is 0 Å². The topological polar surface area (TPSA) is 47.8 Å². The van der Waals surface area contributed by atoms with Gasteiger partial charge in [-0.1, -0.05) is 0 Å². The molecule has 0 aliphatic rings. The van der Waals surface area contributed by atoms with E-state index in [9.17, 15) is 13.6 Å². The van der Waals surface area contributed by atoms with E-state index in [1.807, 2.05) is 0 Å². The smallest absolute Gasteiger partial charge is 0.268 e. The lowest BCUT2D eigenvalue weighted by Crippen LogP contribution is -2.24. The SMILES string of the molecule is O=c1c(Br)c(-c2ccncc2)ncn1CC(F)F. The number of pyridine rings is 1. The Morgan fingerprint density at radius 3 is 2.61 bits per heavy atom. The maximum Gasteiger partial charge on any atom is 0.268 e. The Morgan fingerprint density at radius 1 is 1.33 bits per heavy atom. The van der Waals surface area contributed by atoms with Gasteiger partial charge in [-0.2, -0.15) is 0 Å². The lowest BCUT2D eigenvalue weighted by molar-refractivity contribution is 0.124. The van der Waals surface area contributed by atoms with Crippen LogP contribution in [0.5, 0.6) is 0 Å². The van der Waals surface area contributed by atoms with Gasteiger partial charge in [0.15, 0.2) is 0 Å². The number of aromatic nitrogens is 3. The summed E-state index contributed by atoms with van der Waals surface area (Å²) in [5.41, 5.74) is 0.572. The van der Waals surface area contributed by atoms with Gasteiger partial charge in [0.1, 0.15) is 4.47 Å². The van der Waals surface area contributed by atoms with Crippen LogP contribution in [0.1, 0.15) is 0 Å². The van der Waals surface area contributed by atoms with Crippen LogP contribution in [0, 0.1) is 0 Å². The van der Waals surface area contributed by atoms with Gasteiger partial charge in [0, 0.05) is 18.0 Å². The van der Waals surface area contributed by atoms with Crippen molar-refractivity contribution >= 4 is 15.9 Å². The molecule has 2 rings (SSSR count). The van der Waals surface area contributed by atoms with E-state index in [0.29, 0.717) is 11.3 Å². The van der Waals surface area contributed by atoms with E-state index in [4.69, 9.17) is 0 Å². The quantitative estimate of drug-likeness (QED) is 0.873. The first-order valence-electron chi connectivity index (χ1n) is 5.03. The first-order chi connectivity index (χ1) is 8.59. The van der Waals surface area contributed by atoms with Crippen molar-refractivity contribution in [1.82, 2.24) is 14.5 Å².